The third kappa shape index (κ3) is 10.1. The van der Waals surface area contributed by atoms with Crippen LogP contribution in [0.5, 0.6) is 0 Å². The highest BCUT2D eigenvalue weighted by atomic mass is 15.1. The molecule has 18 rings (SSSR count). The minimum atomic E-state index is 0.608. The fourth-order valence-corrected chi connectivity index (χ4v) is 14.5. The van der Waals surface area contributed by atoms with Crippen molar-refractivity contribution in [2.75, 3.05) is 0 Å². The lowest BCUT2D eigenvalue weighted by molar-refractivity contribution is 1.07. The second-order valence-corrected chi connectivity index (χ2v) is 25.3. The molecule has 0 aliphatic rings. The molecule has 0 N–H and O–H groups in total. The maximum Gasteiger partial charge on any atom is 0.164 e. The molecular weight excluding hydrogens is 1180 g/mol. The number of nitrogens with zero attached hydrogens (tertiary/aromatic N) is 9. The minimum absolute atomic E-state index is 0.608. The van der Waals surface area contributed by atoms with Gasteiger partial charge in [0, 0.05) is 77.1 Å². The first-order valence-corrected chi connectivity index (χ1v) is 32.9. The van der Waals surface area contributed by atoms with Gasteiger partial charge in [0.2, 0.25) is 0 Å². The summed E-state index contributed by atoms with van der Waals surface area (Å²) in [4.78, 5) is 30.6. The van der Waals surface area contributed by atoms with E-state index in [1.54, 1.807) is 0 Å². The largest absolute Gasteiger partial charge is 0.309 e. The van der Waals surface area contributed by atoms with Gasteiger partial charge in [0.1, 0.15) is 0 Å². The fourth-order valence-electron chi connectivity index (χ4n) is 14.5. The molecule has 0 aliphatic carbocycles. The zero-order valence-corrected chi connectivity index (χ0v) is 53.6. The summed E-state index contributed by atoms with van der Waals surface area (Å²) < 4.78 is 7.17. The number of hydrogen-bond acceptors (Lipinski definition) is 6. The number of hydrogen-bond donors (Lipinski definition) is 0. The summed E-state index contributed by atoms with van der Waals surface area (Å²) in [6, 6.07) is 108. The molecule has 18 aromatic rings. The molecule has 97 heavy (non-hydrogen) atoms. The average molecular weight is 1240 g/mol. The van der Waals surface area contributed by atoms with Crippen LogP contribution in [0, 0.1) is 20.8 Å². The van der Waals surface area contributed by atoms with Crippen molar-refractivity contribution in [2.45, 2.75) is 27.2 Å². The molecule has 0 amide bonds. The molecule has 9 heteroatoms. The van der Waals surface area contributed by atoms with Gasteiger partial charge in [-0.3, -0.25) is 0 Å². The molecule has 458 valence electrons. The van der Waals surface area contributed by atoms with Gasteiger partial charge in [0.05, 0.1) is 38.8 Å². The van der Waals surface area contributed by atoms with Crippen LogP contribution < -0.4 is 0 Å². The van der Waals surface area contributed by atoms with E-state index in [-0.39, 0.29) is 0 Å². The van der Waals surface area contributed by atoms with Gasteiger partial charge in [-0.15, -0.1) is 0 Å². The van der Waals surface area contributed by atoms with Crippen LogP contribution in [0.15, 0.2) is 303 Å². The van der Waals surface area contributed by atoms with Crippen molar-refractivity contribution in [2.24, 2.45) is 0 Å². The molecule has 0 aliphatic heterocycles. The van der Waals surface area contributed by atoms with Crippen LogP contribution in [0.4, 0.5) is 0 Å². The molecule has 0 saturated heterocycles. The fraction of sp³-hybridized carbons (Fsp3) is 0.0455. The Morgan fingerprint density at radius 3 is 1.04 bits per heavy atom. The van der Waals surface area contributed by atoms with Crippen molar-refractivity contribution in [1.29, 1.82) is 0 Å². The van der Waals surface area contributed by atoms with E-state index in [0.717, 1.165) is 90.1 Å². The summed E-state index contributed by atoms with van der Waals surface area (Å²) in [5.41, 5.74) is 24.1. The topological polar surface area (TPSA) is 92.1 Å². The second kappa shape index (κ2) is 23.4. The third-order valence-corrected chi connectivity index (χ3v) is 19.0. The van der Waals surface area contributed by atoms with Crippen LogP contribution >= 0.6 is 0 Å². The Morgan fingerprint density at radius 2 is 0.557 bits per heavy atom. The van der Waals surface area contributed by atoms with E-state index >= 15 is 0 Å². The molecule has 5 heterocycles. The smallest absolute Gasteiger partial charge is 0.164 e. The van der Waals surface area contributed by atoms with E-state index in [4.69, 9.17) is 29.9 Å². The van der Waals surface area contributed by atoms with Gasteiger partial charge in [-0.2, -0.15) is 0 Å². The highest BCUT2D eigenvalue weighted by Gasteiger charge is 2.22. The van der Waals surface area contributed by atoms with Crippen molar-refractivity contribution < 1.29 is 0 Å². The molecule has 0 atom stereocenters. The second-order valence-electron chi connectivity index (χ2n) is 25.3. The predicted octanol–water partition coefficient (Wildman–Crippen LogP) is 21.5. The zero-order chi connectivity index (χ0) is 64.7. The molecule has 5 aromatic heterocycles. The molecule has 0 unspecified atom stereocenters. The first kappa shape index (κ1) is 57.0. The van der Waals surface area contributed by atoms with Gasteiger partial charge in [-0.05, 0) is 170 Å². The van der Waals surface area contributed by atoms with Gasteiger partial charge < -0.3 is 13.7 Å². The van der Waals surface area contributed by atoms with Crippen LogP contribution in [0.3, 0.4) is 0 Å². The lowest BCUT2D eigenvalue weighted by Crippen LogP contribution is -2.03. The predicted molar refractivity (Wildman–Crippen MR) is 398 cm³/mol. The molecule has 0 bridgehead atoms. The number of para-hydroxylation sites is 3. The van der Waals surface area contributed by atoms with Crippen LogP contribution in [0.2, 0.25) is 0 Å². The average Bonchev–Trinajstić information content (AvgIpc) is 1.62. The molecule has 9 nitrogen and oxygen atoms in total. The summed E-state index contributed by atoms with van der Waals surface area (Å²) in [7, 11) is 0. The van der Waals surface area contributed by atoms with Gasteiger partial charge in [-0.1, -0.05) is 200 Å². The Kier molecular flexibility index (Phi) is 13.7. The van der Waals surface area contributed by atoms with E-state index in [2.05, 4.69) is 259 Å². The summed E-state index contributed by atoms with van der Waals surface area (Å²) in [6.07, 6.45) is 0.749. The van der Waals surface area contributed by atoms with Gasteiger partial charge in [0.25, 0.3) is 0 Å². The first-order chi connectivity index (χ1) is 47.8. The number of fused-ring (bicyclic) bond motifs is 9. The number of rotatable bonds is 12. The quantitative estimate of drug-likeness (QED) is 0.121. The molecular formula is C88H61N9. The molecule has 0 spiro atoms. The normalized spacial score (nSPS) is 11.7. The van der Waals surface area contributed by atoms with Crippen LogP contribution in [0.25, 0.3) is 162 Å². The lowest BCUT2D eigenvalue weighted by atomic mass is 10.0. The number of aromatic nitrogens is 9. The highest BCUT2D eigenvalue weighted by Crippen LogP contribution is 2.41. The maximum absolute atomic E-state index is 5.21. The van der Waals surface area contributed by atoms with Gasteiger partial charge in [-0.25, -0.2) is 29.9 Å². The highest BCUT2D eigenvalue weighted by molar-refractivity contribution is 6.13. The summed E-state index contributed by atoms with van der Waals surface area (Å²) >= 11 is 0. The standard InChI is InChI=1S/C88H61N9/c1-55-32-44-80-72(48-55)73-52-59(35-45-81(73)97(80)82-56(2)49-67(50-57(82)3)88-93-84(61-22-10-5-11-23-61)89-85(94-88)62-24-12-6-13-25-62)51-58-33-36-63(37-34-58)86-90-83(60-20-8-4-9-21-60)91-87(92-86)64-38-42-69(43-39-64)96-77-31-19-17-29-71(77)75-54-66(41-47-79(75)96)65-40-46-78-74(53-65)70-28-16-18-30-76(70)95(78)68-26-14-7-15-27-68/h4-50,52-54H,51H2,1-3H3. The Balaban J connectivity index is 0.646. The van der Waals surface area contributed by atoms with E-state index < -0.39 is 0 Å². The lowest BCUT2D eigenvalue weighted by Gasteiger charge is -2.17. The summed E-state index contributed by atoms with van der Waals surface area (Å²) in [5.74, 6) is 3.77. The van der Waals surface area contributed by atoms with Gasteiger partial charge >= 0.3 is 0 Å². The van der Waals surface area contributed by atoms with E-state index in [0.29, 0.717) is 34.9 Å². The molecule has 0 radical (unpaired) electrons. The molecule has 13 aromatic carbocycles. The SMILES string of the molecule is Cc1ccc2c(c1)c1cc(Cc3ccc(-c4nc(-c5ccccc5)nc(-c5ccc(-n6c7ccccc7c7cc(-c8ccc9c(c8)c8ccccc8n9-c8ccccc8)ccc76)cc5)n4)cc3)ccc1n2-c1c(C)cc(-c2nc(-c3ccccc3)nc(-c3ccccc3)n2)cc1C. The summed E-state index contributed by atoms with van der Waals surface area (Å²) in [6.45, 7) is 6.57. The van der Waals surface area contributed by atoms with Crippen LogP contribution in [-0.2, 0) is 6.42 Å². The van der Waals surface area contributed by atoms with E-state index in [9.17, 15) is 0 Å². The third-order valence-electron chi connectivity index (χ3n) is 19.0. The monoisotopic (exact) mass is 1240 g/mol. The Hall–Kier alpha value is -12.7. The Morgan fingerprint density at radius 1 is 0.227 bits per heavy atom. The van der Waals surface area contributed by atoms with Crippen LogP contribution in [-0.4, -0.2) is 43.6 Å². The van der Waals surface area contributed by atoms with E-state index in [1.807, 2.05) is 78.9 Å². The summed E-state index contributed by atoms with van der Waals surface area (Å²) in [5, 5.41) is 7.30. The van der Waals surface area contributed by atoms with Crippen LogP contribution in [0.1, 0.15) is 27.8 Å². The Labute approximate surface area is 560 Å². The van der Waals surface area contributed by atoms with Crippen molar-refractivity contribution in [3.8, 4) is 96.5 Å². The minimum Gasteiger partial charge on any atom is -0.309 e. The first-order valence-electron chi connectivity index (χ1n) is 32.9. The zero-order valence-electron chi connectivity index (χ0n) is 53.6. The maximum atomic E-state index is 5.21. The Bertz CT molecular complexity index is 6010. The van der Waals surface area contributed by atoms with Crippen molar-refractivity contribution in [3.63, 3.8) is 0 Å². The number of aryl methyl sites for hydroxylation is 3. The number of benzene rings is 13. The van der Waals surface area contributed by atoms with Crippen molar-refractivity contribution in [1.82, 2.24) is 43.6 Å². The van der Waals surface area contributed by atoms with E-state index in [1.165, 1.54) is 71.2 Å². The van der Waals surface area contributed by atoms with Crippen molar-refractivity contribution in [3.05, 3.63) is 331 Å². The molecule has 0 saturated carbocycles. The molecule has 0 fully saturated rings. The van der Waals surface area contributed by atoms with Crippen molar-refractivity contribution >= 4 is 65.4 Å². The van der Waals surface area contributed by atoms with Gasteiger partial charge in [0.15, 0.2) is 34.9 Å².